The van der Waals surface area contributed by atoms with Crippen molar-refractivity contribution in [3.05, 3.63) is 57.0 Å². The van der Waals surface area contributed by atoms with Crippen LogP contribution in [0.3, 0.4) is 0 Å². The SMILES string of the molecule is CCCN(CCn1cnc2c1c(=O)n(C)c(=O)n2C)CC(=O)Nc1ccccc1C. The topological polar surface area (TPSA) is 94.2 Å². The van der Waals surface area contributed by atoms with Crippen LogP contribution < -0.4 is 16.6 Å². The summed E-state index contributed by atoms with van der Waals surface area (Å²) in [7, 11) is 3.06. The Balaban J connectivity index is 1.74. The Morgan fingerprint density at radius 3 is 2.57 bits per heavy atom. The molecule has 1 N–H and O–H groups in total. The molecule has 2 heterocycles. The van der Waals surface area contributed by atoms with E-state index in [0.29, 0.717) is 24.3 Å². The molecule has 0 bridgehead atoms. The monoisotopic (exact) mass is 412 g/mol. The summed E-state index contributed by atoms with van der Waals surface area (Å²) in [6.45, 7) is 6.09. The lowest BCUT2D eigenvalue weighted by Crippen LogP contribution is -2.38. The fourth-order valence-corrected chi connectivity index (χ4v) is 3.51. The fraction of sp³-hybridized carbons (Fsp3) is 0.429. The van der Waals surface area contributed by atoms with Crippen LogP contribution in [0.1, 0.15) is 18.9 Å². The zero-order chi connectivity index (χ0) is 21.8. The maximum absolute atomic E-state index is 12.6. The highest BCUT2D eigenvalue weighted by Crippen LogP contribution is 2.13. The van der Waals surface area contributed by atoms with E-state index in [4.69, 9.17) is 0 Å². The molecule has 30 heavy (non-hydrogen) atoms. The highest BCUT2D eigenvalue weighted by molar-refractivity contribution is 5.92. The lowest BCUT2D eigenvalue weighted by Gasteiger charge is -2.21. The number of amides is 1. The quantitative estimate of drug-likeness (QED) is 0.598. The smallest absolute Gasteiger partial charge is 0.325 e. The van der Waals surface area contributed by atoms with Gasteiger partial charge in [-0.2, -0.15) is 0 Å². The molecule has 1 aromatic carbocycles. The third-order valence-corrected chi connectivity index (χ3v) is 5.20. The van der Waals surface area contributed by atoms with E-state index in [1.54, 1.807) is 17.9 Å². The molecule has 2 aromatic heterocycles. The highest BCUT2D eigenvalue weighted by Gasteiger charge is 2.16. The number of hydrogen-bond acceptors (Lipinski definition) is 5. The van der Waals surface area contributed by atoms with Gasteiger partial charge in [-0.15, -0.1) is 0 Å². The fourth-order valence-electron chi connectivity index (χ4n) is 3.51. The molecule has 0 aliphatic carbocycles. The van der Waals surface area contributed by atoms with Crippen LogP contribution in [0.4, 0.5) is 5.69 Å². The van der Waals surface area contributed by atoms with E-state index in [1.807, 2.05) is 36.1 Å². The Labute approximate surface area is 174 Å². The third kappa shape index (κ3) is 4.35. The lowest BCUT2D eigenvalue weighted by atomic mass is 10.2. The van der Waals surface area contributed by atoms with Gasteiger partial charge in [0, 0.05) is 32.9 Å². The van der Waals surface area contributed by atoms with Crippen LogP contribution in [0.5, 0.6) is 0 Å². The minimum atomic E-state index is -0.404. The van der Waals surface area contributed by atoms with E-state index in [2.05, 4.69) is 17.2 Å². The Kier molecular flexibility index (Phi) is 6.51. The van der Waals surface area contributed by atoms with Gasteiger partial charge in [0.05, 0.1) is 12.9 Å². The Morgan fingerprint density at radius 1 is 1.13 bits per heavy atom. The van der Waals surface area contributed by atoms with Crippen LogP contribution in [0, 0.1) is 6.92 Å². The van der Waals surface area contributed by atoms with Gasteiger partial charge in [0.25, 0.3) is 5.56 Å². The number of anilines is 1. The van der Waals surface area contributed by atoms with Crippen molar-refractivity contribution in [2.24, 2.45) is 14.1 Å². The van der Waals surface area contributed by atoms with Gasteiger partial charge in [0.2, 0.25) is 5.91 Å². The van der Waals surface area contributed by atoms with E-state index in [1.165, 1.54) is 11.6 Å². The van der Waals surface area contributed by atoms with E-state index < -0.39 is 5.69 Å². The molecule has 0 unspecified atom stereocenters. The van der Waals surface area contributed by atoms with Crippen molar-refractivity contribution in [1.29, 1.82) is 0 Å². The number of rotatable bonds is 8. The van der Waals surface area contributed by atoms with Crippen molar-refractivity contribution < 1.29 is 4.79 Å². The van der Waals surface area contributed by atoms with Gasteiger partial charge in [0.1, 0.15) is 0 Å². The first-order valence-electron chi connectivity index (χ1n) is 10.0. The molecule has 3 aromatic rings. The molecule has 9 nitrogen and oxygen atoms in total. The molecule has 0 aliphatic rings. The number of carbonyl (C=O) groups excluding carboxylic acids is 1. The van der Waals surface area contributed by atoms with Gasteiger partial charge in [-0.3, -0.25) is 23.6 Å². The van der Waals surface area contributed by atoms with Gasteiger partial charge in [0.15, 0.2) is 11.2 Å². The van der Waals surface area contributed by atoms with Gasteiger partial charge in [-0.1, -0.05) is 25.1 Å². The Morgan fingerprint density at radius 2 is 1.87 bits per heavy atom. The highest BCUT2D eigenvalue weighted by atomic mass is 16.2. The number of hydrogen-bond donors (Lipinski definition) is 1. The first-order valence-corrected chi connectivity index (χ1v) is 10.0. The van der Waals surface area contributed by atoms with Crippen LogP contribution in [-0.4, -0.2) is 49.1 Å². The third-order valence-electron chi connectivity index (χ3n) is 5.20. The summed E-state index contributed by atoms with van der Waals surface area (Å²) in [4.78, 5) is 43.5. The number of aryl methyl sites for hydroxylation is 2. The van der Waals surface area contributed by atoms with Crippen molar-refractivity contribution in [3.8, 4) is 0 Å². The Bertz CT molecular complexity index is 1170. The van der Waals surface area contributed by atoms with E-state index in [0.717, 1.165) is 28.8 Å². The van der Waals surface area contributed by atoms with Crippen molar-refractivity contribution in [2.75, 3.05) is 25.0 Å². The molecule has 0 saturated carbocycles. The van der Waals surface area contributed by atoms with E-state index >= 15 is 0 Å². The second-order valence-corrected chi connectivity index (χ2v) is 7.46. The molecule has 0 radical (unpaired) electrons. The summed E-state index contributed by atoms with van der Waals surface area (Å²) in [6.07, 6.45) is 2.47. The van der Waals surface area contributed by atoms with Gasteiger partial charge < -0.3 is 9.88 Å². The number of para-hydroxylation sites is 1. The zero-order valence-electron chi connectivity index (χ0n) is 17.9. The second-order valence-electron chi connectivity index (χ2n) is 7.46. The predicted octanol–water partition coefficient (Wildman–Crippen LogP) is 1.09. The normalized spacial score (nSPS) is 11.4. The molecule has 1 amide bonds. The molecular formula is C21H28N6O3. The largest absolute Gasteiger partial charge is 0.332 e. The van der Waals surface area contributed by atoms with Crippen LogP contribution in [0.15, 0.2) is 40.2 Å². The van der Waals surface area contributed by atoms with Crippen molar-refractivity contribution >= 4 is 22.8 Å². The standard InChI is InChI=1S/C21H28N6O3/c1-5-10-26(13-17(28)23-16-9-7-6-8-15(16)2)11-12-27-14-22-19-18(27)20(29)25(4)21(30)24(19)3/h6-9,14H,5,10-13H2,1-4H3,(H,23,28). The number of nitrogens with one attached hydrogen (secondary N) is 1. The van der Waals surface area contributed by atoms with Crippen molar-refractivity contribution in [2.45, 2.75) is 26.8 Å². The number of nitrogens with zero attached hydrogens (tertiary/aromatic N) is 5. The molecule has 9 heteroatoms. The molecule has 0 saturated heterocycles. The molecule has 3 rings (SSSR count). The average Bonchev–Trinajstić information content (AvgIpc) is 3.15. The minimum Gasteiger partial charge on any atom is -0.325 e. The average molecular weight is 412 g/mol. The summed E-state index contributed by atoms with van der Waals surface area (Å²) in [5.41, 5.74) is 1.80. The van der Waals surface area contributed by atoms with Crippen LogP contribution in [-0.2, 0) is 25.4 Å². The van der Waals surface area contributed by atoms with Crippen LogP contribution >= 0.6 is 0 Å². The van der Waals surface area contributed by atoms with Gasteiger partial charge in [-0.25, -0.2) is 9.78 Å². The van der Waals surface area contributed by atoms with E-state index in [9.17, 15) is 14.4 Å². The zero-order valence-corrected chi connectivity index (χ0v) is 17.9. The minimum absolute atomic E-state index is 0.0773. The van der Waals surface area contributed by atoms with E-state index in [-0.39, 0.29) is 18.0 Å². The lowest BCUT2D eigenvalue weighted by molar-refractivity contribution is -0.117. The van der Waals surface area contributed by atoms with Crippen LogP contribution in [0.2, 0.25) is 0 Å². The first-order chi connectivity index (χ1) is 14.3. The van der Waals surface area contributed by atoms with Crippen LogP contribution in [0.25, 0.3) is 11.2 Å². The van der Waals surface area contributed by atoms with Crippen molar-refractivity contribution in [3.63, 3.8) is 0 Å². The van der Waals surface area contributed by atoms with Gasteiger partial charge >= 0.3 is 5.69 Å². The summed E-state index contributed by atoms with van der Waals surface area (Å²) < 4.78 is 4.20. The molecule has 160 valence electrons. The summed E-state index contributed by atoms with van der Waals surface area (Å²) >= 11 is 0. The maximum atomic E-state index is 12.6. The maximum Gasteiger partial charge on any atom is 0.332 e. The second kappa shape index (κ2) is 9.08. The summed E-state index contributed by atoms with van der Waals surface area (Å²) in [5.74, 6) is -0.0773. The number of carbonyl (C=O) groups is 1. The molecular weight excluding hydrogens is 384 g/mol. The number of fused-ring (bicyclic) bond motifs is 1. The molecule has 0 atom stereocenters. The van der Waals surface area contributed by atoms with Gasteiger partial charge in [-0.05, 0) is 31.5 Å². The Hall–Kier alpha value is -3.20. The molecule has 0 aliphatic heterocycles. The summed E-state index contributed by atoms with van der Waals surface area (Å²) in [6, 6.07) is 7.67. The first kappa shape index (κ1) is 21.5. The molecule has 0 fully saturated rings. The number of benzene rings is 1. The summed E-state index contributed by atoms with van der Waals surface area (Å²) in [5, 5.41) is 2.96. The predicted molar refractivity (Wildman–Crippen MR) is 117 cm³/mol. The van der Waals surface area contributed by atoms with Crippen molar-refractivity contribution in [1.82, 2.24) is 23.6 Å². The number of aromatic nitrogens is 4. The number of imidazole rings is 1. The molecule has 0 spiro atoms.